The monoisotopic (exact) mass is 276 g/mol. The molecule has 0 heterocycles. The van der Waals surface area contributed by atoms with Gasteiger partial charge in [-0.1, -0.05) is 53.2 Å². The van der Waals surface area contributed by atoms with Gasteiger partial charge < -0.3 is 0 Å². The molecule has 0 aromatic rings. The molecule has 0 atom stereocenters. The van der Waals surface area contributed by atoms with Gasteiger partial charge in [0.15, 0.2) is 9.84 Å². The summed E-state index contributed by atoms with van der Waals surface area (Å²) in [5.41, 5.74) is 0.969. The first-order valence-electron chi connectivity index (χ1n) is 6.49. The van der Waals surface area contributed by atoms with Crippen LogP contribution in [0.2, 0.25) is 0 Å². The summed E-state index contributed by atoms with van der Waals surface area (Å²) in [7, 11) is -3.02. The predicted molar refractivity (Wildman–Crippen MR) is 84.5 cm³/mol. The lowest BCUT2D eigenvalue weighted by molar-refractivity contribution is 0.484. The standard InChI is InChI=1S/C10H20O2S.C3H6.C2H6/c1-7-9(10(3,4)5)8(2)13(6,11)12;1-3-2;1-2/h7H2,1-6H3;3H,1H2,2H3;1-2H3/b9-8-;;. The molecule has 0 fully saturated rings. The molecular formula is C15H32O2S. The molecule has 0 aromatic carbocycles. The van der Waals surface area contributed by atoms with E-state index in [4.69, 9.17) is 0 Å². The Morgan fingerprint density at radius 3 is 1.56 bits per heavy atom. The largest absolute Gasteiger partial charge is 0.224 e. The Morgan fingerprint density at radius 2 is 1.50 bits per heavy atom. The maximum Gasteiger partial charge on any atom is 0.171 e. The van der Waals surface area contributed by atoms with E-state index in [1.807, 2.05) is 48.5 Å². The first-order chi connectivity index (χ1) is 8.02. The van der Waals surface area contributed by atoms with E-state index in [2.05, 4.69) is 6.58 Å². The van der Waals surface area contributed by atoms with Crippen LogP contribution in [0.15, 0.2) is 23.1 Å². The number of hydrogen-bond acceptors (Lipinski definition) is 2. The number of rotatable bonds is 2. The quantitative estimate of drug-likeness (QED) is 0.667. The summed E-state index contributed by atoms with van der Waals surface area (Å²) >= 11 is 0. The van der Waals surface area contributed by atoms with E-state index in [0.717, 1.165) is 12.0 Å². The van der Waals surface area contributed by atoms with Crippen molar-refractivity contribution in [3.8, 4) is 0 Å². The van der Waals surface area contributed by atoms with E-state index in [-0.39, 0.29) is 5.41 Å². The third-order valence-corrected chi connectivity index (χ3v) is 3.60. The minimum atomic E-state index is -3.02. The molecule has 0 N–H and O–H groups in total. The molecule has 0 radical (unpaired) electrons. The Labute approximate surface area is 115 Å². The van der Waals surface area contributed by atoms with Crippen LogP contribution in [0.4, 0.5) is 0 Å². The van der Waals surface area contributed by atoms with Gasteiger partial charge in [0.05, 0.1) is 0 Å². The smallest absolute Gasteiger partial charge is 0.171 e. The minimum Gasteiger partial charge on any atom is -0.224 e. The van der Waals surface area contributed by atoms with Crippen LogP contribution < -0.4 is 0 Å². The molecule has 0 rings (SSSR count). The highest BCUT2D eigenvalue weighted by molar-refractivity contribution is 7.94. The number of sulfone groups is 1. The molecule has 0 saturated carbocycles. The summed E-state index contributed by atoms with van der Waals surface area (Å²) in [6, 6.07) is 0. The Balaban J connectivity index is -0.000000389. The lowest BCUT2D eigenvalue weighted by atomic mass is 9.85. The molecule has 0 aliphatic carbocycles. The molecule has 110 valence electrons. The fourth-order valence-corrected chi connectivity index (χ4v) is 2.43. The molecule has 2 nitrogen and oxygen atoms in total. The summed E-state index contributed by atoms with van der Waals surface area (Å²) in [5, 5.41) is 0. The average Bonchev–Trinajstić information content (AvgIpc) is 2.19. The normalized spacial score (nSPS) is 12.3. The van der Waals surface area contributed by atoms with Gasteiger partial charge >= 0.3 is 0 Å². The number of allylic oxidation sites excluding steroid dienone is 3. The van der Waals surface area contributed by atoms with E-state index < -0.39 is 9.84 Å². The van der Waals surface area contributed by atoms with Crippen molar-refractivity contribution in [3.05, 3.63) is 23.1 Å². The van der Waals surface area contributed by atoms with Gasteiger partial charge in [0, 0.05) is 11.2 Å². The highest BCUT2D eigenvalue weighted by atomic mass is 32.2. The predicted octanol–water partition coefficient (Wildman–Crippen LogP) is 4.98. The Bertz CT molecular complexity index is 341. The molecule has 0 aromatic heterocycles. The molecule has 0 unspecified atom stereocenters. The van der Waals surface area contributed by atoms with Crippen LogP contribution in [-0.2, 0) is 9.84 Å². The van der Waals surface area contributed by atoms with Crippen LogP contribution in [0.25, 0.3) is 0 Å². The second-order valence-corrected chi connectivity index (χ2v) is 6.98. The third kappa shape index (κ3) is 10.6. The van der Waals surface area contributed by atoms with Gasteiger partial charge in [0.2, 0.25) is 0 Å². The molecule has 0 saturated heterocycles. The van der Waals surface area contributed by atoms with Gasteiger partial charge in [0.1, 0.15) is 0 Å². The van der Waals surface area contributed by atoms with Crippen molar-refractivity contribution in [1.29, 1.82) is 0 Å². The number of hydrogen-bond donors (Lipinski definition) is 0. The zero-order valence-electron chi connectivity index (χ0n) is 13.7. The van der Waals surface area contributed by atoms with E-state index >= 15 is 0 Å². The van der Waals surface area contributed by atoms with Crippen molar-refractivity contribution in [2.24, 2.45) is 5.41 Å². The minimum absolute atomic E-state index is 0.0537. The Kier molecular flexibility index (Phi) is 13.0. The fourth-order valence-electron chi connectivity index (χ4n) is 1.53. The molecule has 0 spiro atoms. The zero-order chi connectivity index (χ0) is 15.6. The lowest BCUT2D eigenvalue weighted by Gasteiger charge is -2.24. The van der Waals surface area contributed by atoms with Crippen molar-refractivity contribution in [1.82, 2.24) is 0 Å². The first-order valence-corrected chi connectivity index (χ1v) is 8.38. The fraction of sp³-hybridized carbons (Fsp3) is 0.733. The summed E-state index contributed by atoms with van der Waals surface area (Å²) in [5.74, 6) is 0. The van der Waals surface area contributed by atoms with E-state index in [1.54, 1.807) is 13.0 Å². The molecule has 3 heteroatoms. The van der Waals surface area contributed by atoms with E-state index in [9.17, 15) is 8.42 Å². The van der Waals surface area contributed by atoms with Crippen LogP contribution in [-0.4, -0.2) is 14.7 Å². The van der Waals surface area contributed by atoms with E-state index in [0.29, 0.717) is 4.91 Å². The highest BCUT2D eigenvalue weighted by Gasteiger charge is 2.21. The summed E-state index contributed by atoms with van der Waals surface area (Å²) in [4.78, 5) is 0.530. The van der Waals surface area contributed by atoms with Crippen molar-refractivity contribution in [3.63, 3.8) is 0 Å². The van der Waals surface area contributed by atoms with Crippen molar-refractivity contribution in [2.75, 3.05) is 6.26 Å². The second-order valence-electron chi connectivity index (χ2n) is 4.82. The molecule has 0 amide bonds. The van der Waals surface area contributed by atoms with Gasteiger partial charge in [-0.25, -0.2) is 8.42 Å². The zero-order valence-corrected chi connectivity index (χ0v) is 14.5. The lowest BCUT2D eigenvalue weighted by Crippen LogP contribution is -2.14. The highest BCUT2D eigenvalue weighted by Crippen LogP contribution is 2.31. The molecule has 18 heavy (non-hydrogen) atoms. The second kappa shape index (κ2) is 10.4. The van der Waals surface area contributed by atoms with Gasteiger partial charge in [-0.2, -0.15) is 0 Å². The van der Waals surface area contributed by atoms with Crippen molar-refractivity contribution < 1.29 is 8.42 Å². The average molecular weight is 276 g/mol. The Morgan fingerprint density at radius 1 is 1.22 bits per heavy atom. The van der Waals surface area contributed by atoms with Crippen LogP contribution in [0.5, 0.6) is 0 Å². The van der Waals surface area contributed by atoms with E-state index in [1.165, 1.54) is 6.26 Å². The van der Waals surface area contributed by atoms with Crippen molar-refractivity contribution in [2.45, 2.75) is 61.8 Å². The third-order valence-electron chi connectivity index (χ3n) is 2.24. The molecule has 0 bridgehead atoms. The summed E-state index contributed by atoms with van der Waals surface area (Å²) in [6.45, 7) is 19.1. The summed E-state index contributed by atoms with van der Waals surface area (Å²) in [6.07, 6.45) is 3.81. The van der Waals surface area contributed by atoms with Gasteiger partial charge in [-0.15, -0.1) is 6.58 Å². The molecule has 0 aliphatic rings. The van der Waals surface area contributed by atoms with Crippen LogP contribution >= 0.6 is 0 Å². The maximum atomic E-state index is 11.3. The topological polar surface area (TPSA) is 34.1 Å². The van der Waals surface area contributed by atoms with Crippen LogP contribution in [0, 0.1) is 5.41 Å². The molecule has 0 aliphatic heterocycles. The maximum absolute atomic E-state index is 11.3. The van der Waals surface area contributed by atoms with Gasteiger partial charge in [0.25, 0.3) is 0 Å². The summed E-state index contributed by atoms with van der Waals surface area (Å²) < 4.78 is 22.6. The van der Waals surface area contributed by atoms with Gasteiger partial charge in [-0.05, 0) is 25.7 Å². The van der Waals surface area contributed by atoms with Gasteiger partial charge in [-0.3, -0.25) is 0 Å². The molecular weight excluding hydrogens is 244 g/mol. The SMILES string of the molecule is C=CC.CC.CC/C(=C(\C)S(C)(=O)=O)C(C)(C)C. The Hall–Kier alpha value is -0.570. The first kappa shape index (κ1) is 22.6. The van der Waals surface area contributed by atoms with Crippen LogP contribution in [0.1, 0.15) is 61.8 Å². The van der Waals surface area contributed by atoms with Crippen molar-refractivity contribution >= 4 is 9.84 Å². The van der Waals surface area contributed by atoms with Crippen LogP contribution in [0.3, 0.4) is 0 Å².